The van der Waals surface area contributed by atoms with Gasteiger partial charge in [0.15, 0.2) is 0 Å². The summed E-state index contributed by atoms with van der Waals surface area (Å²) in [5.74, 6) is 0.802. The summed E-state index contributed by atoms with van der Waals surface area (Å²) >= 11 is 17.4. The highest BCUT2D eigenvalue weighted by molar-refractivity contribution is 9.10. The topological polar surface area (TPSA) is 26.0 Å². The summed E-state index contributed by atoms with van der Waals surface area (Å²) in [7, 11) is 0. The highest BCUT2D eigenvalue weighted by Crippen LogP contribution is 2.28. The Morgan fingerprint density at radius 1 is 1.10 bits per heavy atom. The highest BCUT2D eigenvalue weighted by atomic mass is 79.9. The molecule has 0 radical (unpaired) electrons. The van der Waals surface area contributed by atoms with E-state index in [2.05, 4.69) is 15.9 Å². The second-order valence-corrected chi connectivity index (χ2v) is 7.23. The first-order valence-corrected chi connectivity index (χ1v) is 8.66. The van der Waals surface area contributed by atoms with Crippen LogP contribution in [0.2, 0.25) is 10.0 Å². The molecule has 0 saturated heterocycles. The molecule has 1 unspecified atom stereocenters. The minimum Gasteiger partial charge on any atom is -0.327 e. The van der Waals surface area contributed by atoms with E-state index in [1.54, 1.807) is 11.8 Å². The van der Waals surface area contributed by atoms with Gasteiger partial charge in [-0.05, 0) is 36.2 Å². The maximum atomic E-state index is 6.20. The van der Waals surface area contributed by atoms with Crippen LogP contribution in [-0.4, -0.2) is 11.8 Å². The quantitative estimate of drug-likeness (QED) is 0.690. The Morgan fingerprint density at radius 3 is 2.55 bits per heavy atom. The van der Waals surface area contributed by atoms with Crippen LogP contribution in [0.1, 0.15) is 5.56 Å². The van der Waals surface area contributed by atoms with Gasteiger partial charge in [-0.3, -0.25) is 0 Å². The SMILES string of the molecule is NC(CSc1ccccc1Cl)Cc1ccc(Br)cc1Cl. The monoisotopic (exact) mass is 389 g/mol. The van der Waals surface area contributed by atoms with Crippen LogP contribution in [0.15, 0.2) is 51.8 Å². The van der Waals surface area contributed by atoms with Crippen LogP contribution in [0.25, 0.3) is 0 Å². The van der Waals surface area contributed by atoms with Crippen LogP contribution in [0.3, 0.4) is 0 Å². The van der Waals surface area contributed by atoms with Crippen LogP contribution in [-0.2, 0) is 6.42 Å². The molecule has 5 heteroatoms. The molecule has 20 heavy (non-hydrogen) atoms. The van der Waals surface area contributed by atoms with Gasteiger partial charge in [-0.1, -0.05) is 57.3 Å². The third-order valence-electron chi connectivity index (χ3n) is 2.79. The van der Waals surface area contributed by atoms with Crippen LogP contribution >= 0.6 is 50.9 Å². The zero-order chi connectivity index (χ0) is 14.5. The van der Waals surface area contributed by atoms with Crippen LogP contribution in [0.5, 0.6) is 0 Å². The van der Waals surface area contributed by atoms with Crippen LogP contribution in [0, 0.1) is 0 Å². The van der Waals surface area contributed by atoms with Gasteiger partial charge in [0, 0.05) is 26.2 Å². The highest BCUT2D eigenvalue weighted by Gasteiger charge is 2.09. The summed E-state index contributed by atoms with van der Waals surface area (Å²) in [5.41, 5.74) is 7.25. The average molecular weight is 391 g/mol. The van der Waals surface area contributed by atoms with Gasteiger partial charge in [0.2, 0.25) is 0 Å². The molecule has 2 N–H and O–H groups in total. The fraction of sp³-hybridized carbons (Fsp3) is 0.200. The fourth-order valence-electron chi connectivity index (χ4n) is 1.79. The lowest BCUT2D eigenvalue weighted by Crippen LogP contribution is -2.25. The van der Waals surface area contributed by atoms with E-state index in [0.29, 0.717) is 0 Å². The van der Waals surface area contributed by atoms with Crippen molar-refractivity contribution in [2.45, 2.75) is 17.4 Å². The molecule has 0 aliphatic carbocycles. The van der Waals surface area contributed by atoms with Crippen molar-refractivity contribution in [1.82, 2.24) is 0 Å². The first-order chi connectivity index (χ1) is 9.56. The lowest BCUT2D eigenvalue weighted by Gasteiger charge is -2.13. The van der Waals surface area contributed by atoms with Gasteiger partial charge < -0.3 is 5.73 Å². The van der Waals surface area contributed by atoms with E-state index in [4.69, 9.17) is 28.9 Å². The minimum atomic E-state index is 0.0370. The third kappa shape index (κ3) is 4.68. The Balaban J connectivity index is 1.92. The fourth-order valence-corrected chi connectivity index (χ4v) is 3.73. The van der Waals surface area contributed by atoms with E-state index in [9.17, 15) is 0 Å². The van der Waals surface area contributed by atoms with Crippen molar-refractivity contribution in [1.29, 1.82) is 0 Å². The minimum absolute atomic E-state index is 0.0370. The molecule has 1 nitrogen and oxygen atoms in total. The second-order valence-electron chi connectivity index (χ2n) is 4.44. The number of nitrogens with two attached hydrogens (primary N) is 1. The Hall–Kier alpha value is -0.190. The van der Waals surface area contributed by atoms with E-state index < -0.39 is 0 Å². The Kier molecular flexibility index (Phi) is 6.24. The Labute approximate surface area is 142 Å². The van der Waals surface area contributed by atoms with E-state index >= 15 is 0 Å². The molecule has 0 aliphatic rings. The number of benzene rings is 2. The summed E-state index contributed by atoms with van der Waals surface area (Å²) in [4.78, 5) is 1.06. The maximum absolute atomic E-state index is 6.20. The van der Waals surface area contributed by atoms with Crippen molar-refractivity contribution in [2.75, 3.05) is 5.75 Å². The molecule has 0 bridgehead atoms. The van der Waals surface area contributed by atoms with E-state index in [-0.39, 0.29) is 6.04 Å². The third-order valence-corrected chi connectivity index (χ3v) is 5.34. The van der Waals surface area contributed by atoms with E-state index in [1.165, 1.54) is 0 Å². The number of thioether (sulfide) groups is 1. The van der Waals surface area contributed by atoms with Gasteiger partial charge in [-0.2, -0.15) is 0 Å². The van der Waals surface area contributed by atoms with Gasteiger partial charge in [0.1, 0.15) is 0 Å². The Bertz CT molecular complexity index is 592. The normalized spacial score (nSPS) is 12.4. The smallest absolute Gasteiger partial charge is 0.0541 e. The molecule has 106 valence electrons. The first kappa shape index (κ1) is 16.2. The molecule has 0 spiro atoms. The zero-order valence-corrected chi connectivity index (χ0v) is 14.6. The summed E-state index contributed by atoms with van der Waals surface area (Å²) in [5, 5.41) is 1.52. The van der Waals surface area contributed by atoms with Crippen molar-refractivity contribution in [3.63, 3.8) is 0 Å². The number of hydrogen-bond donors (Lipinski definition) is 1. The molecular formula is C15H14BrCl2NS. The van der Waals surface area contributed by atoms with E-state index in [1.807, 2.05) is 42.5 Å². The van der Waals surface area contributed by atoms with Crippen LogP contribution < -0.4 is 5.73 Å². The molecule has 1 atom stereocenters. The molecule has 2 aromatic carbocycles. The molecule has 0 heterocycles. The molecule has 2 aromatic rings. The van der Waals surface area contributed by atoms with Gasteiger partial charge >= 0.3 is 0 Å². The van der Waals surface area contributed by atoms with Crippen molar-refractivity contribution in [3.05, 3.63) is 62.5 Å². The van der Waals surface area contributed by atoms with Gasteiger partial charge in [-0.25, -0.2) is 0 Å². The van der Waals surface area contributed by atoms with E-state index in [0.717, 1.165) is 37.2 Å². The number of halogens is 3. The van der Waals surface area contributed by atoms with Gasteiger partial charge in [0.05, 0.1) is 5.02 Å². The lowest BCUT2D eigenvalue weighted by atomic mass is 10.1. The first-order valence-electron chi connectivity index (χ1n) is 6.13. The van der Waals surface area contributed by atoms with Gasteiger partial charge in [-0.15, -0.1) is 11.8 Å². The molecule has 0 saturated carbocycles. The molecule has 0 fully saturated rings. The molecule has 0 aliphatic heterocycles. The van der Waals surface area contributed by atoms with Gasteiger partial charge in [0.25, 0.3) is 0 Å². The van der Waals surface area contributed by atoms with Crippen molar-refractivity contribution in [2.24, 2.45) is 5.73 Å². The molecule has 2 rings (SSSR count). The number of hydrogen-bond acceptors (Lipinski definition) is 2. The van der Waals surface area contributed by atoms with Crippen molar-refractivity contribution in [3.8, 4) is 0 Å². The van der Waals surface area contributed by atoms with Crippen molar-refractivity contribution >= 4 is 50.9 Å². The molecule has 0 aromatic heterocycles. The summed E-state index contributed by atoms with van der Waals surface area (Å²) in [6.07, 6.45) is 0.754. The molecule has 0 amide bonds. The zero-order valence-electron chi connectivity index (χ0n) is 10.7. The number of rotatable bonds is 5. The lowest BCUT2D eigenvalue weighted by molar-refractivity contribution is 0.749. The average Bonchev–Trinajstić information content (AvgIpc) is 2.41. The largest absolute Gasteiger partial charge is 0.327 e. The van der Waals surface area contributed by atoms with Crippen molar-refractivity contribution < 1.29 is 0 Å². The maximum Gasteiger partial charge on any atom is 0.0541 e. The van der Waals surface area contributed by atoms with Crippen LogP contribution in [0.4, 0.5) is 0 Å². The summed E-state index contributed by atoms with van der Waals surface area (Å²) in [6.45, 7) is 0. The predicted molar refractivity (Wildman–Crippen MR) is 93.0 cm³/mol. The Morgan fingerprint density at radius 2 is 1.85 bits per heavy atom. The summed E-state index contributed by atoms with van der Waals surface area (Å²) < 4.78 is 0.977. The summed E-state index contributed by atoms with van der Waals surface area (Å²) in [6, 6.07) is 13.7. The second kappa shape index (κ2) is 7.71. The molecular weight excluding hydrogens is 377 g/mol. The standard InChI is InChI=1S/C15H14BrCl2NS/c16-11-6-5-10(14(18)8-11)7-12(19)9-20-15-4-2-1-3-13(15)17/h1-6,8,12H,7,9,19H2. The predicted octanol–water partition coefficient (Wildman–Crippen LogP) is 5.42.